The monoisotopic (exact) mass is 151 g/mol. The first-order valence-electron chi connectivity index (χ1n) is 3.72. The van der Waals surface area contributed by atoms with Gasteiger partial charge in [-0.1, -0.05) is 0 Å². The SMILES string of the molecule is [CH2][C@H]1CCN(C(=O)CC#N)C1. The first-order chi connectivity index (χ1) is 5.24. The van der Waals surface area contributed by atoms with Crippen molar-refractivity contribution in [1.82, 2.24) is 4.90 Å². The standard InChI is InChI=1S/C8H11N2O/c1-7-3-5-10(6-7)8(11)2-4-9/h7H,1-3,5-6H2/t7-/m0/s1. The largest absolute Gasteiger partial charge is 0.342 e. The second-order valence-corrected chi connectivity index (χ2v) is 2.83. The van der Waals surface area contributed by atoms with Gasteiger partial charge in [-0.05, 0) is 19.3 Å². The van der Waals surface area contributed by atoms with E-state index in [1.54, 1.807) is 4.90 Å². The van der Waals surface area contributed by atoms with E-state index in [2.05, 4.69) is 6.92 Å². The maximum atomic E-state index is 11.1. The van der Waals surface area contributed by atoms with Crippen molar-refractivity contribution in [3.05, 3.63) is 6.92 Å². The molecule has 0 bridgehead atoms. The highest BCUT2D eigenvalue weighted by molar-refractivity contribution is 5.78. The fraction of sp³-hybridized carbons (Fsp3) is 0.625. The van der Waals surface area contributed by atoms with E-state index in [0.717, 1.165) is 19.5 Å². The third-order valence-corrected chi connectivity index (χ3v) is 1.87. The van der Waals surface area contributed by atoms with Gasteiger partial charge in [0.25, 0.3) is 0 Å². The molecule has 0 unspecified atom stereocenters. The van der Waals surface area contributed by atoms with Crippen molar-refractivity contribution < 1.29 is 4.79 Å². The summed E-state index contributed by atoms with van der Waals surface area (Å²) in [5, 5.41) is 8.25. The number of amides is 1. The molecule has 1 aliphatic heterocycles. The van der Waals surface area contributed by atoms with Gasteiger partial charge in [-0.2, -0.15) is 5.26 Å². The van der Waals surface area contributed by atoms with Crippen molar-refractivity contribution in [2.45, 2.75) is 12.8 Å². The summed E-state index contributed by atoms with van der Waals surface area (Å²) in [7, 11) is 0. The van der Waals surface area contributed by atoms with E-state index < -0.39 is 0 Å². The Bertz CT molecular complexity index is 195. The maximum absolute atomic E-state index is 11.1. The van der Waals surface area contributed by atoms with E-state index in [0.29, 0.717) is 5.92 Å². The van der Waals surface area contributed by atoms with Crippen LogP contribution in [0.3, 0.4) is 0 Å². The van der Waals surface area contributed by atoms with E-state index in [1.165, 1.54) is 0 Å². The zero-order valence-electron chi connectivity index (χ0n) is 6.42. The average molecular weight is 151 g/mol. The Hall–Kier alpha value is -1.04. The van der Waals surface area contributed by atoms with E-state index in [-0.39, 0.29) is 12.3 Å². The van der Waals surface area contributed by atoms with Gasteiger partial charge in [0.05, 0.1) is 6.07 Å². The van der Waals surface area contributed by atoms with Gasteiger partial charge in [0.2, 0.25) is 5.91 Å². The van der Waals surface area contributed by atoms with Crippen molar-refractivity contribution >= 4 is 5.91 Å². The van der Waals surface area contributed by atoms with Crippen LogP contribution in [0.25, 0.3) is 0 Å². The summed E-state index contributed by atoms with van der Waals surface area (Å²) < 4.78 is 0. The number of nitrogens with zero attached hydrogens (tertiary/aromatic N) is 2. The first kappa shape index (κ1) is 8.06. The van der Waals surface area contributed by atoms with Crippen LogP contribution in [0.4, 0.5) is 0 Å². The minimum absolute atomic E-state index is 0.00667. The number of carbonyl (C=O) groups excluding carboxylic acids is 1. The minimum Gasteiger partial charge on any atom is -0.342 e. The maximum Gasteiger partial charge on any atom is 0.236 e. The lowest BCUT2D eigenvalue weighted by molar-refractivity contribution is -0.129. The fourth-order valence-electron chi connectivity index (χ4n) is 1.24. The van der Waals surface area contributed by atoms with Gasteiger partial charge < -0.3 is 4.90 Å². The highest BCUT2D eigenvalue weighted by atomic mass is 16.2. The Morgan fingerprint density at radius 2 is 2.55 bits per heavy atom. The van der Waals surface area contributed by atoms with Crippen molar-refractivity contribution in [2.24, 2.45) is 5.92 Å². The molecule has 3 nitrogen and oxygen atoms in total. The molecule has 0 N–H and O–H groups in total. The van der Waals surface area contributed by atoms with E-state index in [9.17, 15) is 4.79 Å². The molecule has 0 saturated carbocycles. The van der Waals surface area contributed by atoms with Crippen molar-refractivity contribution in [3.63, 3.8) is 0 Å². The Morgan fingerprint density at radius 1 is 1.82 bits per heavy atom. The molecule has 1 rings (SSSR count). The topological polar surface area (TPSA) is 44.1 Å². The lowest BCUT2D eigenvalue weighted by atomic mass is 10.2. The molecule has 1 amide bonds. The number of carbonyl (C=O) groups is 1. The smallest absolute Gasteiger partial charge is 0.236 e. The first-order valence-corrected chi connectivity index (χ1v) is 3.72. The second kappa shape index (κ2) is 3.38. The molecular weight excluding hydrogens is 140 g/mol. The average Bonchev–Trinajstić information content (AvgIpc) is 2.36. The predicted molar refractivity (Wildman–Crippen MR) is 40.3 cm³/mol. The summed E-state index contributed by atoms with van der Waals surface area (Å²) in [6.45, 7) is 5.35. The molecule has 1 saturated heterocycles. The molecule has 0 aliphatic carbocycles. The van der Waals surface area contributed by atoms with E-state index >= 15 is 0 Å². The minimum atomic E-state index is -0.0568. The van der Waals surface area contributed by atoms with Crippen LogP contribution < -0.4 is 0 Å². The molecule has 1 radical (unpaired) electrons. The molecule has 0 aromatic heterocycles. The lowest BCUT2D eigenvalue weighted by Crippen LogP contribution is -2.27. The Labute approximate surface area is 66.6 Å². The summed E-state index contributed by atoms with van der Waals surface area (Å²) in [5.41, 5.74) is 0. The fourth-order valence-corrected chi connectivity index (χ4v) is 1.24. The van der Waals surface area contributed by atoms with Gasteiger partial charge in [-0.25, -0.2) is 0 Å². The third-order valence-electron chi connectivity index (χ3n) is 1.87. The van der Waals surface area contributed by atoms with Crippen LogP contribution >= 0.6 is 0 Å². The molecule has 1 heterocycles. The number of likely N-dealkylation sites (tertiary alicyclic amines) is 1. The highest BCUT2D eigenvalue weighted by Gasteiger charge is 2.22. The van der Waals surface area contributed by atoms with Gasteiger partial charge >= 0.3 is 0 Å². The Kier molecular flexibility index (Phi) is 2.48. The summed E-state index contributed by atoms with van der Waals surface area (Å²) in [4.78, 5) is 12.8. The zero-order valence-corrected chi connectivity index (χ0v) is 6.42. The number of hydrogen-bond donors (Lipinski definition) is 0. The summed E-state index contributed by atoms with van der Waals surface area (Å²) in [6, 6.07) is 1.85. The highest BCUT2D eigenvalue weighted by Crippen LogP contribution is 2.14. The molecule has 59 valence electrons. The normalized spacial score (nSPS) is 23.3. The summed E-state index contributed by atoms with van der Waals surface area (Å²) >= 11 is 0. The molecule has 1 atom stereocenters. The Morgan fingerprint density at radius 3 is 3.00 bits per heavy atom. The molecule has 0 aromatic rings. The van der Waals surface area contributed by atoms with Crippen molar-refractivity contribution in [2.75, 3.05) is 13.1 Å². The van der Waals surface area contributed by atoms with Gasteiger partial charge in [0.15, 0.2) is 0 Å². The molecular formula is C8H11N2O. The van der Waals surface area contributed by atoms with Crippen LogP contribution in [0.2, 0.25) is 0 Å². The van der Waals surface area contributed by atoms with Crippen LogP contribution in [-0.2, 0) is 4.79 Å². The lowest BCUT2D eigenvalue weighted by Gasteiger charge is -2.12. The summed E-state index contributed by atoms with van der Waals surface area (Å²) in [6.07, 6.45) is 0.976. The quantitative estimate of drug-likeness (QED) is 0.550. The van der Waals surface area contributed by atoms with Crippen LogP contribution in [0.5, 0.6) is 0 Å². The summed E-state index contributed by atoms with van der Waals surface area (Å²) in [5.74, 6) is 0.302. The van der Waals surface area contributed by atoms with Gasteiger partial charge in [-0.3, -0.25) is 4.79 Å². The molecule has 1 aliphatic rings. The van der Waals surface area contributed by atoms with Crippen LogP contribution in [0.1, 0.15) is 12.8 Å². The van der Waals surface area contributed by atoms with Crippen LogP contribution in [0.15, 0.2) is 0 Å². The molecule has 3 heteroatoms. The Balaban J connectivity index is 2.38. The molecule has 0 aromatic carbocycles. The predicted octanol–water partition coefficient (Wildman–Crippen LogP) is 0.583. The van der Waals surface area contributed by atoms with Crippen molar-refractivity contribution in [1.29, 1.82) is 5.26 Å². The van der Waals surface area contributed by atoms with Gasteiger partial charge in [-0.15, -0.1) is 0 Å². The van der Waals surface area contributed by atoms with E-state index in [4.69, 9.17) is 5.26 Å². The number of hydrogen-bond acceptors (Lipinski definition) is 2. The number of nitriles is 1. The van der Waals surface area contributed by atoms with Crippen molar-refractivity contribution in [3.8, 4) is 6.07 Å². The van der Waals surface area contributed by atoms with Crippen LogP contribution in [-0.4, -0.2) is 23.9 Å². The molecule has 1 fully saturated rings. The van der Waals surface area contributed by atoms with Gasteiger partial charge in [0.1, 0.15) is 6.42 Å². The molecule has 11 heavy (non-hydrogen) atoms. The van der Waals surface area contributed by atoms with E-state index in [1.807, 2.05) is 6.07 Å². The number of rotatable bonds is 1. The second-order valence-electron chi connectivity index (χ2n) is 2.83. The third kappa shape index (κ3) is 1.94. The zero-order chi connectivity index (χ0) is 8.27. The van der Waals surface area contributed by atoms with Crippen LogP contribution in [0, 0.1) is 24.2 Å². The van der Waals surface area contributed by atoms with Gasteiger partial charge in [0, 0.05) is 13.1 Å². The molecule has 0 spiro atoms.